The molecule has 92 valence electrons. The average molecular weight is 243 g/mol. The molecule has 1 aromatic heterocycles. The van der Waals surface area contributed by atoms with Crippen molar-refractivity contribution in [2.75, 3.05) is 5.32 Å². The summed E-state index contributed by atoms with van der Waals surface area (Å²) in [5.41, 5.74) is 3.45. The van der Waals surface area contributed by atoms with Crippen LogP contribution in [0.4, 0.5) is 5.69 Å². The van der Waals surface area contributed by atoms with E-state index >= 15 is 0 Å². The molecule has 1 atom stereocenters. The Kier molecular flexibility index (Phi) is 2.64. The van der Waals surface area contributed by atoms with Crippen LogP contribution in [-0.4, -0.2) is 11.0 Å². The van der Waals surface area contributed by atoms with Crippen molar-refractivity contribution in [2.24, 2.45) is 0 Å². The predicted octanol–water partition coefficient (Wildman–Crippen LogP) is 2.25. The second kappa shape index (κ2) is 4.31. The number of carbonyl (C=O) groups is 1. The number of nitrogens with one attached hydrogen (secondary N) is 1. The number of hydrogen-bond donors (Lipinski definition) is 2. The topological polar surface area (TPSA) is 62.5 Å². The van der Waals surface area contributed by atoms with Gasteiger partial charge in [0.25, 0.3) is 0 Å². The van der Waals surface area contributed by atoms with E-state index in [0.717, 1.165) is 22.4 Å². The number of fused-ring (bicyclic) bond motifs is 1. The van der Waals surface area contributed by atoms with Crippen molar-refractivity contribution in [1.29, 1.82) is 0 Å². The molecule has 0 spiro atoms. The number of aliphatic hydroxyl groups excluding tert-OH is 1. The van der Waals surface area contributed by atoms with E-state index in [-0.39, 0.29) is 5.91 Å². The van der Waals surface area contributed by atoms with Gasteiger partial charge in [-0.25, -0.2) is 0 Å². The molecule has 3 rings (SSSR count). The molecule has 0 saturated heterocycles. The van der Waals surface area contributed by atoms with Crippen molar-refractivity contribution in [3.05, 3.63) is 53.5 Å². The number of benzene rings is 1. The van der Waals surface area contributed by atoms with Gasteiger partial charge >= 0.3 is 0 Å². The first-order valence-electron chi connectivity index (χ1n) is 5.87. The third-order valence-electron chi connectivity index (χ3n) is 3.20. The molecular weight excluding hydrogens is 230 g/mol. The highest BCUT2D eigenvalue weighted by Gasteiger charge is 2.18. The monoisotopic (exact) mass is 243 g/mol. The van der Waals surface area contributed by atoms with Gasteiger partial charge in [0, 0.05) is 17.7 Å². The van der Waals surface area contributed by atoms with Crippen LogP contribution in [0, 0.1) is 0 Å². The van der Waals surface area contributed by atoms with Gasteiger partial charge in [-0.15, -0.1) is 0 Å². The lowest BCUT2D eigenvalue weighted by Gasteiger charge is -2.19. The highest BCUT2D eigenvalue weighted by Crippen LogP contribution is 2.29. The number of rotatable bonds is 2. The van der Waals surface area contributed by atoms with Gasteiger partial charge in [-0.05, 0) is 29.7 Å². The standard InChI is InChI=1S/C14H13NO3/c16-13-4-2-9-7-10(1-3-12(9)15-13)14(17)11-5-6-18-8-11/h1,3,5-8,14,17H,2,4H2,(H,15,16). The van der Waals surface area contributed by atoms with Crippen LogP contribution in [0.15, 0.2) is 41.2 Å². The minimum atomic E-state index is -0.688. The summed E-state index contributed by atoms with van der Waals surface area (Å²) in [5.74, 6) is 0.0469. The highest BCUT2D eigenvalue weighted by molar-refractivity contribution is 5.93. The summed E-state index contributed by atoms with van der Waals surface area (Å²) < 4.78 is 4.97. The molecule has 0 bridgehead atoms. The van der Waals surface area contributed by atoms with Gasteiger partial charge in [0.05, 0.1) is 12.5 Å². The Bertz CT molecular complexity index is 575. The van der Waals surface area contributed by atoms with Crippen molar-refractivity contribution in [3.63, 3.8) is 0 Å². The van der Waals surface area contributed by atoms with E-state index in [1.807, 2.05) is 18.2 Å². The van der Waals surface area contributed by atoms with Gasteiger partial charge in [0.2, 0.25) is 5.91 Å². The van der Waals surface area contributed by atoms with Crippen LogP contribution in [0.2, 0.25) is 0 Å². The second-order valence-corrected chi connectivity index (χ2v) is 4.42. The van der Waals surface area contributed by atoms with Crippen molar-refractivity contribution >= 4 is 11.6 Å². The molecule has 1 aliphatic heterocycles. The van der Waals surface area contributed by atoms with E-state index < -0.39 is 6.10 Å². The van der Waals surface area contributed by atoms with Crippen molar-refractivity contribution in [3.8, 4) is 0 Å². The van der Waals surface area contributed by atoms with Crippen molar-refractivity contribution in [2.45, 2.75) is 18.9 Å². The van der Waals surface area contributed by atoms with Crippen molar-refractivity contribution in [1.82, 2.24) is 0 Å². The fourth-order valence-electron chi connectivity index (χ4n) is 2.20. The molecule has 4 heteroatoms. The maximum atomic E-state index is 11.3. The number of hydrogen-bond acceptors (Lipinski definition) is 3. The maximum Gasteiger partial charge on any atom is 0.224 e. The zero-order valence-electron chi connectivity index (χ0n) is 9.72. The predicted molar refractivity (Wildman–Crippen MR) is 66.2 cm³/mol. The van der Waals surface area contributed by atoms with E-state index in [9.17, 15) is 9.90 Å². The van der Waals surface area contributed by atoms with Gasteiger partial charge in [-0.2, -0.15) is 0 Å². The number of aliphatic hydroxyl groups is 1. The molecule has 2 N–H and O–H groups in total. The first-order valence-corrected chi connectivity index (χ1v) is 5.87. The van der Waals surface area contributed by atoms with Crippen LogP contribution in [-0.2, 0) is 11.2 Å². The number of anilines is 1. The summed E-state index contributed by atoms with van der Waals surface area (Å²) in [6.07, 6.45) is 3.60. The summed E-state index contributed by atoms with van der Waals surface area (Å²) in [4.78, 5) is 11.3. The van der Waals surface area contributed by atoms with Gasteiger partial charge in [0.1, 0.15) is 6.10 Å². The van der Waals surface area contributed by atoms with Gasteiger partial charge in [-0.3, -0.25) is 4.79 Å². The third kappa shape index (κ3) is 1.91. The Morgan fingerprint density at radius 2 is 2.11 bits per heavy atom. The molecule has 0 saturated carbocycles. The Labute approximate surface area is 104 Å². The summed E-state index contributed by atoms with van der Waals surface area (Å²) in [7, 11) is 0. The number of amides is 1. The Morgan fingerprint density at radius 3 is 2.89 bits per heavy atom. The lowest BCUT2D eigenvalue weighted by atomic mass is 9.96. The molecular formula is C14H13NO3. The van der Waals surface area contributed by atoms with Crippen LogP contribution in [0.3, 0.4) is 0 Å². The summed E-state index contributed by atoms with van der Waals surface area (Å²) in [6, 6.07) is 7.34. The fraction of sp³-hybridized carbons (Fsp3) is 0.214. The maximum absolute atomic E-state index is 11.3. The van der Waals surface area contributed by atoms with Crippen LogP contribution in [0.5, 0.6) is 0 Å². The minimum Gasteiger partial charge on any atom is -0.472 e. The summed E-state index contributed by atoms with van der Waals surface area (Å²) in [5, 5.41) is 13.0. The largest absolute Gasteiger partial charge is 0.472 e. The third-order valence-corrected chi connectivity index (χ3v) is 3.20. The van der Waals surface area contributed by atoms with E-state index in [0.29, 0.717) is 12.8 Å². The summed E-state index contributed by atoms with van der Waals surface area (Å²) >= 11 is 0. The van der Waals surface area contributed by atoms with Gasteiger partial charge < -0.3 is 14.8 Å². The first-order chi connectivity index (χ1) is 8.74. The van der Waals surface area contributed by atoms with Crippen LogP contribution < -0.4 is 5.32 Å². The Morgan fingerprint density at radius 1 is 1.22 bits per heavy atom. The molecule has 18 heavy (non-hydrogen) atoms. The first kappa shape index (κ1) is 11.0. The molecule has 0 aliphatic carbocycles. The van der Waals surface area contributed by atoms with Crippen LogP contribution in [0.1, 0.15) is 29.2 Å². The van der Waals surface area contributed by atoms with Crippen molar-refractivity contribution < 1.29 is 14.3 Å². The van der Waals surface area contributed by atoms with E-state index in [2.05, 4.69) is 5.32 Å². The average Bonchev–Trinajstić information content (AvgIpc) is 2.91. The molecule has 2 aromatic rings. The number of carbonyl (C=O) groups excluding carboxylic acids is 1. The van der Waals surface area contributed by atoms with E-state index in [4.69, 9.17) is 4.42 Å². The normalized spacial score (nSPS) is 15.9. The van der Waals surface area contributed by atoms with Gasteiger partial charge in [0.15, 0.2) is 0 Å². The smallest absolute Gasteiger partial charge is 0.224 e. The number of furan rings is 1. The molecule has 1 aliphatic rings. The van der Waals surface area contributed by atoms with Crippen LogP contribution in [0.25, 0.3) is 0 Å². The molecule has 1 aromatic carbocycles. The summed E-state index contributed by atoms with van der Waals surface area (Å²) in [6.45, 7) is 0. The molecule has 2 heterocycles. The molecule has 0 radical (unpaired) electrons. The molecule has 0 fully saturated rings. The lowest BCUT2D eigenvalue weighted by molar-refractivity contribution is -0.116. The SMILES string of the molecule is O=C1CCc2cc(C(O)c3ccoc3)ccc2N1. The second-order valence-electron chi connectivity index (χ2n) is 4.42. The number of aryl methyl sites for hydroxylation is 1. The van der Waals surface area contributed by atoms with Crippen LogP contribution >= 0.6 is 0 Å². The molecule has 1 unspecified atom stereocenters. The minimum absolute atomic E-state index is 0.0469. The Hall–Kier alpha value is -2.07. The van der Waals surface area contributed by atoms with E-state index in [1.165, 1.54) is 12.5 Å². The fourth-order valence-corrected chi connectivity index (χ4v) is 2.20. The Balaban J connectivity index is 1.93. The quantitative estimate of drug-likeness (QED) is 0.850. The highest BCUT2D eigenvalue weighted by atomic mass is 16.3. The molecule has 4 nitrogen and oxygen atoms in total. The zero-order valence-corrected chi connectivity index (χ0v) is 9.72. The van der Waals surface area contributed by atoms with Gasteiger partial charge in [-0.1, -0.05) is 12.1 Å². The zero-order chi connectivity index (χ0) is 12.5. The van der Waals surface area contributed by atoms with E-state index in [1.54, 1.807) is 6.07 Å². The molecule has 1 amide bonds. The lowest BCUT2D eigenvalue weighted by Crippen LogP contribution is -2.19.